The van der Waals surface area contributed by atoms with Crippen molar-refractivity contribution >= 4 is 11.6 Å². The van der Waals surface area contributed by atoms with Gasteiger partial charge in [-0.25, -0.2) is 4.39 Å². The summed E-state index contributed by atoms with van der Waals surface area (Å²) < 4.78 is 12.8. The first kappa shape index (κ1) is 14.2. The minimum atomic E-state index is -0.297. The smallest absolute Gasteiger partial charge is 0.228 e. The lowest BCUT2D eigenvalue weighted by molar-refractivity contribution is -0.115. The molecule has 0 bridgehead atoms. The van der Waals surface area contributed by atoms with Gasteiger partial charge in [0.1, 0.15) is 5.82 Å². The molecule has 0 heterocycles. The van der Waals surface area contributed by atoms with Gasteiger partial charge in [0.25, 0.3) is 0 Å². The molecular formula is C16H17FN2O. The molecule has 0 aliphatic rings. The van der Waals surface area contributed by atoms with Crippen LogP contribution in [-0.4, -0.2) is 13.0 Å². The minimum Gasteiger partial charge on any atom is -0.326 e. The second-order valence-electron chi connectivity index (χ2n) is 4.58. The summed E-state index contributed by atoms with van der Waals surface area (Å²) in [5, 5.41) is 5.88. The van der Waals surface area contributed by atoms with Gasteiger partial charge in [0.05, 0.1) is 6.42 Å². The third-order valence-corrected chi connectivity index (χ3v) is 2.90. The van der Waals surface area contributed by atoms with Crippen LogP contribution in [0, 0.1) is 5.82 Å². The molecule has 0 aliphatic heterocycles. The zero-order valence-corrected chi connectivity index (χ0v) is 11.3. The van der Waals surface area contributed by atoms with Gasteiger partial charge in [-0.15, -0.1) is 0 Å². The molecule has 3 nitrogen and oxygen atoms in total. The monoisotopic (exact) mass is 272 g/mol. The van der Waals surface area contributed by atoms with Crippen LogP contribution in [0.5, 0.6) is 0 Å². The lowest BCUT2D eigenvalue weighted by Crippen LogP contribution is -2.14. The summed E-state index contributed by atoms with van der Waals surface area (Å²) in [7, 11) is 1.89. The molecule has 2 aromatic carbocycles. The Kier molecular flexibility index (Phi) is 4.85. The van der Waals surface area contributed by atoms with Gasteiger partial charge in [-0.05, 0) is 42.4 Å². The Bertz CT molecular complexity index is 564. The maximum absolute atomic E-state index is 12.8. The lowest BCUT2D eigenvalue weighted by Gasteiger charge is -2.06. The predicted molar refractivity (Wildman–Crippen MR) is 77.9 cm³/mol. The first-order valence-corrected chi connectivity index (χ1v) is 6.45. The van der Waals surface area contributed by atoms with Crippen molar-refractivity contribution in [2.45, 2.75) is 13.0 Å². The highest BCUT2D eigenvalue weighted by atomic mass is 19.1. The average Bonchev–Trinajstić information content (AvgIpc) is 2.44. The van der Waals surface area contributed by atoms with Crippen molar-refractivity contribution in [2.75, 3.05) is 12.4 Å². The van der Waals surface area contributed by atoms with E-state index >= 15 is 0 Å². The van der Waals surface area contributed by atoms with Crippen molar-refractivity contribution in [3.63, 3.8) is 0 Å². The van der Waals surface area contributed by atoms with Crippen molar-refractivity contribution in [3.05, 3.63) is 65.5 Å². The van der Waals surface area contributed by atoms with Gasteiger partial charge in [-0.2, -0.15) is 0 Å². The summed E-state index contributed by atoms with van der Waals surface area (Å²) in [5.74, 6) is -0.410. The number of hydrogen-bond donors (Lipinski definition) is 2. The Balaban J connectivity index is 1.92. The van der Waals surface area contributed by atoms with E-state index in [1.165, 1.54) is 12.1 Å². The molecule has 1 amide bonds. The van der Waals surface area contributed by atoms with E-state index in [4.69, 9.17) is 0 Å². The van der Waals surface area contributed by atoms with Gasteiger partial charge in [0.2, 0.25) is 5.91 Å². The van der Waals surface area contributed by atoms with Crippen LogP contribution in [0.2, 0.25) is 0 Å². The number of carbonyl (C=O) groups is 1. The van der Waals surface area contributed by atoms with Crippen LogP contribution in [0.1, 0.15) is 11.1 Å². The topological polar surface area (TPSA) is 41.1 Å². The Morgan fingerprint density at radius 1 is 1.00 bits per heavy atom. The fourth-order valence-corrected chi connectivity index (χ4v) is 1.90. The Morgan fingerprint density at radius 3 is 2.20 bits per heavy atom. The Hall–Kier alpha value is -2.20. The van der Waals surface area contributed by atoms with E-state index in [-0.39, 0.29) is 18.1 Å². The average molecular weight is 272 g/mol. The number of amides is 1. The Morgan fingerprint density at radius 2 is 1.60 bits per heavy atom. The summed E-state index contributed by atoms with van der Waals surface area (Å²) in [4.78, 5) is 11.9. The molecule has 0 radical (unpaired) electrons. The van der Waals surface area contributed by atoms with Crippen molar-refractivity contribution < 1.29 is 9.18 Å². The van der Waals surface area contributed by atoms with E-state index in [1.54, 1.807) is 12.1 Å². The number of hydrogen-bond acceptors (Lipinski definition) is 2. The maximum atomic E-state index is 12.8. The number of halogens is 1. The van der Waals surface area contributed by atoms with Gasteiger partial charge in [0.15, 0.2) is 0 Å². The molecule has 0 aromatic heterocycles. The minimum absolute atomic E-state index is 0.113. The molecule has 0 fully saturated rings. The van der Waals surface area contributed by atoms with Crippen molar-refractivity contribution in [3.8, 4) is 0 Å². The van der Waals surface area contributed by atoms with Crippen molar-refractivity contribution in [2.24, 2.45) is 0 Å². The summed E-state index contributed by atoms with van der Waals surface area (Å²) in [6.07, 6.45) is 0.235. The van der Waals surface area contributed by atoms with E-state index in [1.807, 2.05) is 31.3 Å². The van der Waals surface area contributed by atoms with Gasteiger partial charge >= 0.3 is 0 Å². The highest BCUT2D eigenvalue weighted by molar-refractivity contribution is 5.92. The number of carbonyl (C=O) groups excluding carboxylic acids is 1. The largest absolute Gasteiger partial charge is 0.326 e. The number of nitrogens with one attached hydrogen (secondary N) is 2. The fourth-order valence-electron chi connectivity index (χ4n) is 1.90. The van der Waals surface area contributed by atoms with Crippen LogP contribution >= 0.6 is 0 Å². The van der Waals surface area contributed by atoms with Gasteiger partial charge in [0, 0.05) is 12.2 Å². The molecule has 0 saturated heterocycles. The molecule has 2 aromatic rings. The lowest BCUT2D eigenvalue weighted by atomic mass is 10.1. The molecule has 104 valence electrons. The third-order valence-electron chi connectivity index (χ3n) is 2.90. The first-order chi connectivity index (χ1) is 9.67. The van der Waals surface area contributed by atoms with Gasteiger partial charge in [-0.1, -0.05) is 24.3 Å². The van der Waals surface area contributed by atoms with Crippen molar-refractivity contribution in [1.82, 2.24) is 5.32 Å². The quantitative estimate of drug-likeness (QED) is 0.878. The molecule has 0 aliphatic carbocycles. The molecular weight excluding hydrogens is 255 g/mol. The molecule has 0 atom stereocenters. The van der Waals surface area contributed by atoms with E-state index in [2.05, 4.69) is 10.6 Å². The summed E-state index contributed by atoms with van der Waals surface area (Å²) >= 11 is 0. The molecule has 4 heteroatoms. The maximum Gasteiger partial charge on any atom is 0.228 e. The third kappa shape index (κ3) is 4.17. The van der Waals surface area contributed by atoms with Crippen LogP contribution in [0.4, 0.5) is 10.1 Å². The normalized spacial score (nSPS) is 10.3. The van der Waals surface area contributed by atoms with Crippen LogP contribution < -0.4 is 10.6 Å². The first-order valence-electron chi connectivity index (χ1n) is 6.45. The molecule has 0 spiro atoms. The summed E-state index contributed by atoms with van der Waals surface area (Å²) in [6.45, 7) is 0.795. The van der Waals surface area contributed by atoms with E-state index in [0.29, 0.717) is 0 Å². The van der Waals surface area contributed by atoms with Crippen molar-refractivity contribution in [1.29, 1.82) is 0 Å². The number of benzene rings is 2. The number of rotatable bonds is 5. The highest BCUT2D eigenvalue weighted by Gasteiger charge is 2.04. The SMILES string of the molecule is CNCc1ccc(NC(=O)Cc2ccc(F)cc2)cc1. The van der Waals surface area contributed by atoms with Gasteiger partial charge in [-0.3, -0.25) is 4.79 Å². The summed E-state index contributed by atoms with van der Waals surface area (Å²) in [5.41, 5.74) is 2.71. The van der Waals surface area contributed by atoms with E-state index < -0.39 is 0 Å². The van der Waals surface area contributed by atoms with Gasteiger partial charge < -0.3 is 10.6 Å². The zero-order valence-electron chi connectivity index (χ0n) is 11.3. The molecule has 0 unspecified atom stereocenters. The van der Waals surface area contributed by atoms with Crippen LogP contribution in [-0.2, 0) is 17.8 Å². The standard InChI is InChI=1S/C16H17FN2O/c1-18-11-13-4-8-15(9-5-13)19-16(20)10-12-2-6-14(17)7-3-12/h2-9,18H,10-11H2,1H3,(H,19,20). The second kappa shape index (κ2) is 6.82. The van der Waals surface area contributed by atoms with E-state index in [9.17, 15) is 9.18 Å². The Labute approximate surface area is 117 Å². The fraction of sp³-hybridized carbons (Fsp3) is 0.188. The second-order valence-corrected chi connectivity index (χ2v) is 4.58. The highest BCUT2D eigenvalue weighted by Crippen LogP contribution is 2.11. The summed E-state index contributed by atoms with van der Waals surface area (Å²) in [6, 6.07) is 13.6. The number of anilines is 1. The zero-order chi connectivity index (χ0) is 14.4. The molecule has 2 N–H and O–H groups in total. The van der Waals surface area contributed by atoms with Crippen LogP contribution in [0.25, 0.3) is 0 Å². The predicted octanol–water partition coefficient (Wildman–Crippen LogP) is 2.73. The van der Waals surface area contributed by atoms with E-state index in [0.717, 1.165) is 23.4 Å². The molecule has 0 saturated carbocycles. The molecule has 2 rings (SSSR count). The van der Waals surface area contributed by atoms with Crippen LogP contribution in [0.3, 0.4) is 0 Å². The van der Waals surface area contributed by atoms with Crippen LogP contribution in [0.15, 0.2) is 48.5 Å². The molecule has 20 heavy (non-hydrogen) atoms.